The van der Waals surface area contributed by atoms with Crippen LogP contribution in [0.3, 0.4) is 0 Å². The van der Waals surface area contributed by atoms with Crippen LogP contribution in [0.15, 0.2) is 10.7 Å². The molecule has 1 aliphatic rings. The number of aromatic nitrogens is 1. The van der Waals surface area contributed by atoms with E-state index in [0.29, 0.717) is 26.2 Å². The Morgan fingerprint density at radius 2 is 2.21 bits per heavy atom. The summed E-state index contributed by atoms with van der Waals surface area (Å²) < 4.78 is 36.8. The van der Waals surface area contributed by atoms with Crippen molar-refractivity contribution < 1.29 is 22.4 Å². The maximum Gasteiger partial charge on any atom is 0.304 e. The van der Waals surface area contributed by atoms with Crippen LogP contribution in [-0.4, -0.2) is 49.9 Å². The van der Waals surface area contributed by atoms with Crippen LogP contribution in [0, 0.1) is 0 Å². The lowest BCUT2D eigenvalue weighted by molar-refractivity contribution is 0.0973. The lowest BCUT2D eigenvalue weighted by atomic mass is 10.5. The molecule has 0 aromatic carbocycles. The van der Waals surface area contributed by atoms with Gasteiger partial charge in [-0.15, -0.1) is 0 Å². The molecule has 0 unspecified atom stereocenters. The van der Waals surface area contributed by atoms with Gasteiger partial charge in [0.15, 0.2) is 5.69 Å². The quantitative estimate of drug-likeness (QED) is 0.727. The third-order valence-electron chi connectivity index (χ3n) is 2.50. The summed E-state index contributed by atoms with van der Waals surface area (Å²) in [6, 6.07) is -0.203. The molecule has 1 aromatic rings. The van der Waals surface area contributed by atoms with Gasteiger partial charge in [-0.05, 0) is 6.42 Å². The molecule has 1 saturated heterocycles. The average molecular weight is 290 g/mol. The van der Waals surface area contributed by atoms with Crippen molar-refractivity contribution in [2.24, 2.45) is 0 Å². The Morgan fingerprint density at radius 1 is 1.42 bits per heavy atom. The SMILES string of the molecule is Nc1nc(C(=O)NS(=O)(=O)N2CCCOCC2)co1. The molecule has 19 heavy (non-hydrogen) atoms. The molecule has 0 spiro atoms. The van der Waals surface area contributed by atoms with E-state index in [1.54, 1.807) is 0 Å². The second kappa shape index (κ2) is 5.55. The van der Waals surface area contributed by atoms with E-state index >= 15 is 0 Å². The van der Waals surface area contributed by atoms with Crippen molar-refractivity contribution in [3.8, 4) is 0 Å². The fourth-order valence-electron chi connectivity index (χ4n) is 1.59. The molecule has 106 valence electrons. The first kappa shape index (κ1) is 13.8. The van der Waals surface area contributed by atoms with Crippen molar-refractivity contribution in [2.75, 3.05) is 32.0 Å². The minimum atomic E-state index is -3.91. The van der Waals surface area contributed by atoms with Gasteiger partial charge in [0.1, 0.15) is 6.26 Å². The van der Waals surface area contributed by atoms with E-state index in [1.807, 2.05) is 4.72 Å². The zero-order valence-electron chi connectivity index (χ0n) is 10.0. The Morgan fingerprint density at radius 3 is 2.89 bits per heavy atom. The molecule has 2 rings (SSSR count). The van der Waals surface area contributed by atoms with Gasteiger partial charge in [0, 0.05) is 19.7 Å². The zero-order chi connectivity index (χ0) is 13.9. The lowest BCUT2D eigenvalue weighted by Crippen LogP contribution is -2.44. The van der Waals surface area contributed by atoms with Crippen LogP contribution in [0.1, 0.15) is 16.9 Å². The predicted molar refractivity (Wildman–Crippen MR) is 64.3 cm³/mol. The van der Waals surface area contributed by atoms with E-state index in [9.17, 15) is 13.2 Å². The fourth-order valence-corrected chi connectivity index (χ4v) is 2.74. The summed E-state index contributed by atoms with van der Waals surface area (Å²) in [5, 5.41) is 0. The molecule has 3 N–H and O–H groups in total. The highest BCUT2D eigenvalue weighted by Gasteiger charge is 2.26. The Hall–Kier alpha value is -1.65. The zero-order valence-corrected chi connectivity index (χ0v) is 10.9. The minimum absolute atomic E-state index is 0.188. The first-order valence-electron chi connectivity index (χ1n) is 5.60. The number of nitrogens with one attached hydrogen (secondary N) is 1. The highest BCUT2D eigenvalue weighted by Crippen LogP contribution is 2.07. The first-order valence-corrected chi connectivity index (χ1v) is 7.04. The number of anilines is 1. The van der Waals surface area contributed by atoms with E-state index in [-0.39, 0.29) is 18.3 Å². The fraction of sp³-hybridized carbons (Fsp3) is 0.556. The number of ether oxygens (including phenoxy) is 1. The van der Waals surface area contributed by atoms with Crippen molar-refractivity contribution in [3.05, 3.63) is 12.0 Å². The van der Waals surface area contributed by atoms with E-state index in [1.165, 1.54) is 0 Å². The second-order valence-electron chi connectivity index (χ2n) is 3.87. The average Bonchev–Trinajstić information content (AvgIpc) is 2.63. The molecule has 1 aromatic heterocycles. The molecule has 1 fully saturated rings. The molecule has 0 atom stereocenters. The van der Waals surface area contributed by atoms with Crippen LogP contribution in [0.5, 0.6) is 0 Å². The molecule has 10 heteroatoms. The second-order valence-corrected chi connectivity index (χ2v) is 5.54. The summed E-state index contributed by atoms with van der Waals surface area (Å²) in [6.45, 7) is 1.29. The number of carbonyl (C=O) groups excluding carboxylic acids is 1. The Bertz CT molecular complexity index is 547. The van der Waals surface area contributed by atoms with Crippen LogP contribution >= 0.6 is 0 Å². The number of hydrogen-bond donors (Lipinski definition) is 2. The molecule has 0 bridgehead atoms. The Kier molecular flexibility index (Phi) is 4.02. The number of carbonyl (C=O) groups is 1. The number of nitrogens with two attached hydrogens (primary N) is 1. The van der Waals surface area contributed by atoms with Crippen molar-refractivity contribution in [1.82, 2.24) is 14.0 Å². The number of amides is 1. The van der Waals surface area contributed by atoms with Gasteiger partial charge in [-0.3, -0.25) is 4.79 Å². The summed E-state index contributed by atoms with van der Waals surface area (Å²) in [7, 11) is -3.91. The van der Waals surface area contributed by atoms with Gasteiger partial charge >= 0.3 is 10.2 Å². The summed E-state index contributed by atoms with van der Waals surface area (Å²) >= 11 is 0. The largest absolute Gasteiger partial charge is 0.431 e. The van der Waals surface area contributed by atoms with Crippen molar-refractivity contribution in [3.63, 3.8) is 0 Å². The van der Waals surface area contributed by atoms with E-state index in [2.05, 4.69) is 9.40 Å². The van der Waals surface area contributed by atoms with Crippen molar-refractivity contribution >= 4 is 22.1 Å². The molecular weight excluding hydrogens is 276 g/mol. The topological polar surface area (TPSA) is 128 Å². The molecule has 1 amide bonds. The van der Waals surface area contributed by atoms with Gasteiger partial charge in [0.25, 0.3) is 11.9 Å². The van der Waals surface area contributed by atoms with Crippen LogP contribution in [0.25, 0.3) is 0 Å². The monoisotopic (exact) mass is 290 g/mol. The maximum absolute atomic E-state index is 12.0. The van der Waals surface area contributed by atoms with Gasteiger partial charge in [-0.1, -0.05) is 0 Å². The number of oxazole rings is 1. The third kappa shape index (κ3) is 3.43. The van der Waals surface area contributed by atoms with Gasteiger partial charge in [0.05, 0.1) is 6.61 Å². The lowest BCUT2D eigenvalue weighted by Gasteiger charge is -2.18. The smallest absolute Gasteiger partial charge is 0.304 e. The molecule has 0 aliphatic carbocycles. The van der Waals surface area contributed by atoms with Gasteiger partial charge < -0.3 is 14.9 Å². The number of hydrogen-bond acceptors (Lipinski definition) is 7. The molecule has 0 radical (unpaired) electrons. The van der Waals surface area contributed by atoms with Crippen LogP contribution in [-0.2, 0) is 14.9 Å². The Balaban J connectivity index is 2.05. The normalized spacial score (nSPS) is 17.9. The van der Waals surface area contributed by atoms with Gasteiger partial charge in [0.2, 0.25) is 0 Å². The van der Waals surface area contributed by atoms with Gasteiger partial charge in [-0.25, -0.2) is 4.72 Å². The van der Waals surface area contributed by atoms with E-state index in [4.69, 9.17) is 10.5 Å². The predicted octanol–water partition coefficient (Wildman–Crippen LogP) is -1.05. The van der Waals surface area contributed by atoms with Crippen LogP contribution < -0.4 is 10.5 Å². The first-order chi connectivity index (χ1) is 8.99. The highest BCUT2D eigenvalue weighted by atomic mass is 32.2. The summed E-state index contributed by atoms with van der Waals surface area (Å²) in [5.74, 6) is -0.884. The summed E-state index contributed by atoms with van der Waals surface area (Å²) in [4.78, 5) is 15.2. The molecule has 0 saturated carbocycles. The Labute approximate surface area is 109 Å². The summed E-state index contributed by atoms with van der Waals surface area (Å²) in [6.07, 6.45) is 1.57. The molecule has 2 heterocycles. The van der Waals surface area contributed by atoms with Crippen LogP contribution in [0.2, 0.25) is 0 Å². The molecule has 1 aliphatic heterocycles. The van der Waals surface area contributed by atoms with Crippen molar-refractivity contribution in [1.29, 1.82) is 0 Å². The number of nitrogen functional groups attached to an aromatic ring is 1. The van der Waals surface area contributed by atoms with Gasteiger partial charge in [-0.2, -0.15) is 17.7 Å². The minimum Gasteiger partial charge on any atom is -0.431 e. The molecule has 9 nitrogen and oxygen atoms in total. The molecular formula is C9H14N4O5S. The van der Waals surface area contributed by atoms with E-state index < -0.39 is 16.1 Å². The van der Waals surface area contributed by atoms with Crippen molar-refractivity contribution in [2.45, 2.75) is 6.42 Å². The van der Waals surface area contributed by atoms with E-state index in [0.717, 1.165) is 10.6 Å². The highest BCUT2D eigenvalue weighted by molar-refractivity contribution is 7.87. The number of rotatable bonds is 3. The maximum atomic E-state index is 12.0. The van der Waals surface area contributed by atoms with Crippen LogP contribution in [0.4, 0.5) is 6.01 Å². The summed E-state index contributed by atoms with van der Waals surface area (Å²) in [5.41, 5.74) is 5.02. The number of nitrogens with zero attached hydrogens (tertiary/aromatic N) is 2. The standard InChI is InChI=1S/C9H14N4O5S/c10-9-11-7(6-18-9)8(14)12-19(15,16)13-2-1-4-17-5-3-13/h6H,1-5H2,(H2,10,11)(H,12,14). The third-order valence-corrected chi connectivity index (χ3v) is 3.99.